The number of aromatic nitrogens is 1. The number of hydrogen-bond acceptors (Lipinski definition) is 3. The van der Waals surface area contributed by atoms with E-state index in [2.05, 4.69) is 11.1 Å². The van der Waals surface area contributed by atoms with Crippen molar-refractivity contribution >= 4 is 0 Å². The molecule has 2 N–H and O–H groups in total. The van der Waals surface area contributed by atoms with Gasteiger partial charge in [-0.1, -0.05) is 19.6 Å². The summed E-state index contributed by atoms with van der Waals surface area (Å²) in [6.45, 7) is 3.10. The average molecular weight is 503 g/mol. The van der Waals surface area contributed by atoms with E-state index < -0.39 is 17.7 Å². The first-order valence-electron chi connectivity index (χ1n) is 6.23. The van der Waals surface area contributed by atoms with E-state index in [-0.39, 0.29) is 34.3 Å². The van der Waals surface area contributed by atoms with Crippen LogP contribution in [0.5, 0.6) is 0 Å². The Morgan fingerprint density at radius 1 is 1.30 bits per heavy atom. The Hall–Kier alpha value is -1.58. The Morgan fingerprint density at radius 2 is 1.96 bits per heavy atom. The molecule has 0 amide bonds. The minimum Gasteiger partial charge on any atom is -0.513 e. The molecular weight excluding hydrogens is 483 g/mol. The molecule has 1 atom stereocenters. The fourth-order valence-electron chi connectivity index (χ4n) is 1.47. The van der Waals surface area contributed by atoms with Crippen LogP contribution in [0.3, 0.4) is 0 Å². The first kappa shape index (κ1) is 23.7. The zero-order valence-electron chi connectivity index (χ0n) is 12.0. The molecule has 23 heavy (non-hydrogen) atoms. The van der Waals surface area contributed by atoms with Crippen LogP contribution in [-0.4, -0.2) is 21.3 Å². The standard InChI is InChI=1S/C11H6F2N.C5H10O2.CH4.Pt/c12-9-5-4-8(7-10(9)13)11-3-1-2-6-14-11;1-4(6)3-5(2)7;;/h1-3,5-7H;3-4,6-7H,1-2H3;1H4;/q-1;;;. The third kappa shape index (κ3) is 9.21. The third-order valence-electron chi connectivity index (χ3n) is 2.28. The van der Waals surface area contributed by atoms with Crippen LogP contribution in [-0.2, 0) is 21.1 Å². The largest absolute Gasteiger partial charge is 0.513 e. The van der Waals surface area contributed by atoms with Crippen molar-refractivity contribution in [1.82, 2.24) is 4.98 Å². The van der Waals surface area contributed by atoms with Gasteiger partial charge in [-0.25, -0.2) is 4.39 Å². The zero-order chi connectivity index (χ0) is 15.8. The van der Waals surface area contributed by atoms with Crippen LogP contribution >= 0.6 is 0 Å². The van der Waals surface area contributed by atoms with E-state index in [1.54, 1.807) is 31.3 Å². The van der Waals surface area contributed by atoms with E-state index in [9.17, 15) is 8.78 Å². The number of benzene rings is 1. The Balaban J connectivity index is 0. The molecule has 1 heterocycles. The minimum atomic E-state index is -0.898. The van der Waals surface area contributed by atoms with Gasteiger partial charge in [-0.3, -0.25) is 4.39 Å². The summed E-state index contributed by atoms with van der Waals surface area (Å²) in [7, 11) is 0. The molecule has 2 rings (SSSR count). The number of rotatable bonds is 2. The molecule has 0 aliphatic heterocycles. The Bertz CT molecular complexity index is 601. The predicted octanol–water partition coefficient (Wildman–Crippen LogP) is 4.29. The van der Waals surface area contributed by atoms with Crippen molar-refractivity contribution in [2.75, 3.05) is 0 Å². The summed E-state index contributed by atoms with van der Waals surface area (Å²) >= 11 is 0. The van der Waals surface area contributed by atoms with Gasteiger partial charge in [0.25, 0.3) is 0 Å². The molecular formula is C17H20F2NO2Pt-. The van der Waals surface area contributed by atoms with Crippen LogP contribution in [0, 0.1) is 17.7 Å². The van der Waals surface area contributed by atoms with Crippen molar-refractivity contribution in [3.8, 4) is 11.3 Å². The van der Waals surface area contributed by atoms with Crippen LogP contribution in [0.1, 0.15) is 21.3 Å². The van der Waals surface area contributed by atoms with Gasteiger partial charge < -0.3 is 15.2 Å². The number of nitrogens with zero attached hydrogens (tertiary/aromatic N) is 1. The molecule has 130 valence electrons. The molecule has 0 saturated heterocycles. The molecule has 0 fully saturated rings. The van der Waals surface area contributed by atoms with Crippen LogP contribution in [0.15, 0.2) is 48.4 Å². The molecule has 1 aromatic carbocycles. The van der Waals surface area contributed by atoms with Gasteiger partial charge in [0.05, 0.1) is 23.5 Å². The average Bonchev–Trinajstić information content (AvgIpc) is 2.42. The molecule has 3 nitrogen and oxygen atoms in total. The number of aliphatic hydroxyl groups excluding tert-OH is 2. The summed E-state index contributed by atoms with van der Waals surface area (Å²) < 4.78 is 25.4. The van der Waals surface area contributed by atoms with Gasteiger partial charge in [0.1, 0.15) is 0 Å². The Morgan fingerprint density at radius 3 is 2.35 bits per heavy atom. The van der Waals surface area contributed by atoms with Crippen molar-refractivity contribution in [2.24, 2.45) is 0 Å². The van der Waals surface area contributed by atoms with Crippen molar-refractivity contribution in [3.05, 3.63) is 66.1 Å². The summed E-state index contributed by atoms with van der Waals surface area (Å²) in [6.07, 6.45) is 2.41. The minimum absolute atomic E-state index is 0. The summed E-state index contributed by atoms with van der Waals surface area (Å²) in [5.41, 5.74) is 1.02. The van der Waals surface area contributed by atoms with Gasteiger partial charge in [-0.15, -0.1) is 23.8 Å². The maximum absolute atomic E-state index is 12.8. The SMILES string of the molecule is C.CC(O)=CC(C)O.Fc1c[c-]c(-c2ccccn2)cc1F.[Pt]. The molecule has 0 radical (unpaired) electrons. The van der Waals surface area contributed by atoms with E-state index in [0.29, 0.717) is 11.3 Å². The molecule has 0 bridgehead atoms. The molecule has 0 saturated carbocycles. The summed E-state index contributed by atoms with van der Waals surface area (Å²) in [5.74, 6) is -1.62. The van der Waals surface area contributed by atoms with Crippen LogP contribution in [0.4, 0.5) is 8.78 Å². The first-order valence-corrected chi connectivity index (χ1v) is 6.23. The van der Waals surface area contributed by atoms with E-state index in [0.717, 1.165) is 12.1 Å². The molecule has 0 aliphatic rings. The maximum atomic E-state index is 12.8. The zero-order valence-corrected chi connectivity index (χ0v) is 14.3. The fourth-order valence-corrected chi connectivity index (χ4v) is 1.47. The molecule has 2 aromatic rings. The number of pyridine rings is 1. The second-order valence-corrected chi connectivity index (χ2v) is 4.31. The van der Waals surface area contributed by atoms with E-state index in [1.165, 1.54) is 13.0 Å². The molecule has 0 aliphatic carbocycles. The smallest absolute Gasteiger partial charge is 0.0877 e. The Kier molecular flexibility index (Phi) is 12.3. The van der Waals surface area contributed by atoms with E-state index >= 15 is 0 Å². The predicted molar refractivity (Wildman–Crippen MR) is 83.2 cm³/mol. The summed E-state index contributed by atoms with van der Waals surface area (Å²) in [5, 5.41) is 16.9. The summed E-state index contributed by atoms with van der Waals surface area (Å²) in [6, 6.07) is 9.91. The number of allylic oxidation sites excluding steroid dienone is 1. The first-order chi connectivity index (χ1) is 9.90. The monoisotopic (exact) mass is 503 g/mol. The molecule has 6 heteroatoms. The van der Waals surface area contributed by atoms with Crippen LogP contribution < -0.4 is 0 Å². The van der Waals surface area contributed by atoms with Crippen LogP contribution in [0.25, 0.3) is 11.3 Å². The normalized spacial score (nSPS) is 11.3. The fraction of sp³-hybridized carbons (Fsp3) is 0.235. The van der Waals surface area contributed by atoms with Gasteiger partial charge in [0.15, 0.2) is 0 Å². The molecule has 1 aromatic heterocycles. The van der Waals surface area contributed by atoms with Gasteiger partial charge >= 0.3 is 0 Å². The van der Waals surface area contributed by atoms with E-state index in [1.807, 2.05) is 0 Å². The van der Waals surface area contributed by atoms with E-state index in [4.69, 9.17) is 10.2 Å². The number of aliphatic hydroxyl groups is 2. The van der Waals surface area contributed by atoms with Crippen molar-refractivity contribution < 1.29 is 40.1 Å². The topological polar surface area (TPSA) is 53.4 Å². The Labute approximate surface area is 150 Å². The van der Waals surface area contributed by atoms with Gasteiger partial charge in [0.2, 0.25) is 0 Å². The van der Waals surface area contributed by atoms with Crippen molar-refractivity contribution in [2.45, 2.75) is 27.4 Å². The number of halogens is 2. The molecule has 0 spiro atoms. The second kappa shape index (κ2) is 11.9. The quantitative estimate of drug-likeness (QED) is 0.475. The molecule has 1 unspecified atom stereocenters. The third-order valence-corrected chi connectivity index (χ3v) is 2.28. The second-order valence-electron chi connectivity index (χ2n) is 4.31. The van der Waals surface area contributed by atoms with Gasteiger partial charge in [0, 0.05) is 27.3 Å². The maximum Gasteiger partial charge on any atom is 0.0877 e. The summed E-state index contributed by atoms with van der Waals surface area (Å²) in [4.78, 5) is 4.00. The van der Waals surface area contributed by atoms with Gasteiger partial charge in [-0.2, -0.15) is 0 Å². The van der Waals surface area contributed by atoms with Crippen molar-refractivity contribution in [1.29, 1.82) is 0 Å². The number of hydrogen-bond donors (Lipinski definition) is 2. The van der Waals surface area contributed by atoms with Gasteiger partial charge in [-0.05, 0) is 31.7 Å². The van der Waals surface area contributed by atoms with Crippen molar-refractivity contribution in [3.63, 3.8) is 0 Å². The van der Waals surface area contributed by atoms with Crippen LogP contribution in [0.2, 0.25) is 0 Å².